The fourth-order valence-electron chi connectivity index (χ4n) is 4.51. The largest absolute Gasteiger partial charge is 0.413 e. The Bertz CT molecular complexity index is 1510. The van der Waals surface area contributed by atoms with Gasteiger partial charge in [-0.15, -0.1) is 5.10 Å². The predicted molar refractivity (Wildman–Crippen MR) is 145 cm³/mol. The Morgan fingerprint density at radius 2 is 1.77 bits per heavy atom. The zero-order chi connectivity index (χ0) is 28.2. The number of nitrogens with zero attached hydrogens (tertiary/aromatic N) is 5. The molecule has 1 aliphatic carbocycles. The molecule has 13 heteroatoms. The van der Waals surface area contributed by atoms with Crippen LogP contribution < -0.4 is 10.6 Å². The number of halogens is 5. The van der Waals surface area contributed by atoms with Crippen LogP contribution in [0.5, 0.6) is 0 Å². The molecule has 39 heavy (non-hydrogen) atoms. The summed E-state index contributed by atoms with van der Waals surface area (Å²) < 4.78 is 56.1. The number of nitrogens with one attached hydrogen (secondary N) is 2. The Morgan fingerprint density at radius 1 is 1.08 bits per heavy atom. The lowest BCUT2D eigenvalue weighted by atomic mass is 9.69. The maximum atomic E-state index is 13.8. The van der Waals surface area contributed by atoms with Crippen molar-refractivity contribution in [1.29, 1.82) is 0 Å². The molecular formula is C26H27BClF4N7. The fourth-order valence-corrected chi connectivity index (χ4v) is 4.77. The van der Waals surface area contributed by atoms with Crippen LogP contribution in [0.4, 0.5) is 29.1 Å². The van der Waals surface area contributed by atoms with E-state index in [0.29, 0.717) is 39.5 Å². The maximum Gasteiger partial charge on any atom is 0.413 e. The zero-order valence-corrected chi connectivity index (χ0v) is 22.6. The van der Waals surface area contributed by atoms with Crippen LogP contribution in [0.3, 0.4) is 0 Å². The van der Waals surface area contributed by atoms with Crippen molar-refractivity contribution in [2.75, 3.05) is 17.2 Å². The second kappa shape index (κ2) is 9.36. The summed E-state index contributed by atoms with van der Waals surface area (Å²) in [6.07, 6.45) is -1.85. The third-order valence-electron chi connectivity index (χ3n) is 6.99. The first kappa shape index (κ1) is 27.2. The standard InChI is InChI=1S/C26H27BClF4N7/c1-23(2,3)13-33-22-18-10-17(11-19(28)21(18)34-14-35-22)36-25(27,15-4-6-16(29)7-5-15)20-12-39(38-37-20)24(8-9-24)26(30,31)32/h4-7,10-12,14,36H,8-9,13,27H2,1-3H3,(H,33,34,35). The molecule has 7 nitrogen and oxygen atoms in total. The minimum absolute atomic E-state index is 0.0146. The molecule has 2 N–H and O–H groups in total. The normalized spacial score (nSPS) is 16.6. The highest BCUT2D eigenvalue weighted by Gasteiger charge is 2.66. The van der Waals surface area contributed by atoms with Crippen molar-refractivity contribution < 1.29 is 17.6 Å². The van der Waals surface area contributed by atoms with Gasteiger partial charge in [0.15, 0.2) is 5.54 Å². The van der Waals surface area contributed by atoms with E-state index in [4.69, 9.17) is 11.6 Å². The molecule has 5 rings (SSSR count). The molecule has 0 saturated heterocycles. The highest BCUT2D eigenvalue weighted by atomic mass is 35.5. The van der Waals surface area contributed by atoms with E-state index in [0.717, 1.165) is 4.68 Å². The smallest absolute Gasteiger partial charge is 0.378 e. The molecule has 1 aliphatic rings. The van der Waals surface area contributed by atoms with Crippen LogP contribution in [0.2, 0.25) is 5.02 Å². The van der Waals surface area contributed by atoms with Crippen molar-refractivity contribution >= 4 is 41.9 Å². The number of anilines is 2. The summed E-state index contributed by atoms with van der Waals surface area (Å²) >= 11 is 6.62. The molecule has 2 heterocycles. The Morgan fingerprint density at radius 3 is 2.38 bits per heavy atom. The summed E-state index contributed by atoms with van der Waals surface area (Å²) in [7, 11) is 1.75. The molecule has 0 aliphatic heterocycles. The first-order valence-electron chi connectivity index (χ1n) is 12.4. The van der Waals surface area contributed by atoms with Crippen molar-refractivity contribution in [2.24, 2.45) is 5.41 Å². The molecule has 204 valence electrons. The summed E-state index contributed by atoms with van der Waals surface area (Å²) in [5.74, 6) is 0.148. The number of fused-ring (bicyclic) bond motifs is 1. The van der Waals surface area contributed by atoms with Crippen LogP contribution in [0, 0.1) is 11.2 Å². The molecule has 2 aromatic carbocycles. The van der Waals surface area contributed by atoms with Crippen molar-refractivity contribution in [3.8, 4) is 0 Å². The van der Waals surface area contributed by atoms with E-state index in [1.807, 2.05) is 6.07 Å². The number of hydrogen-bond acceptors (Lipinski definition) is 6. The van der Waals surface area contributed by atoms with E-state index in [9.17, 15) is 17.6 Å². The van der Waals surface area contributed by atoms with Gasteiger partial charge in [-0.2, -0.15) is 13.2 Å². The van der Waals surface area contributed by atoms with Gasteiger partial charge in [0.1, 0.15) is 31.5 Å². The zero-order valence-electron chi connectivity index (χ0n) is 21.9. The molecule has 4 aromatic rings. The number of aromatic nitrogens is 5. The van der Waals surface area contributed by atoms with Gasteiger partial charge in [-0.05, 0) is 48.1 Å². The van der Waals surface area contributed by atoms with E-state index in [2.05, 4.69) is 51.7 Å². The van der Waals surface area contributed by atoms with E-state index in [1.165, 1.54) is 24.7 Å². The second-order valence-corrected chi connectivity index (χ2v) is 11.7. The third-order valence-corrected chi connectivity index (χ3v) is 7.28. The highest BCUT2D eigenvalue weighted by Crippen LogP contribution is 2.55. The summed E-state index contributed by atoms with van der Waals surface area (Å²) in [6.45, 7) is 6.92. The molecule has 1 atom stereocenters. The molecule has 1 unspecified atom stereocenters. The van der Waals surface area contributed by atoms with Crippen molar-refractivity contribution in [1.82, 2.24) is 25.0 Å². The van der Waals surface area contributed by atoms with Gasteiger partial charge in [0, 0.05) is 17.6 Å². The van der Waals surface area contributed by atoms with Gasteiger partial charge in [0.05, 0.1) is 22.2 Å². The van der Waals surface area contributed by atoms with Crippen molar-refractivity contribution in [3.63, 3.8) is 0 Å². The van der Waals surface area contributed by atoms with Crippen LogP contribution in [0.1, 0.15) is 44.9 Å². The first-order valence-corrected chi connectivity index (χ1v) is 12.8. The van der Waals surface area contributed by atoms with Crippen molar-refractivity contribution in [2.45, 2.75) is 50.8 Å². The van der Waals surface area contributed by atoms with Gasteiger partial charge < -0.3 is 10.6 Å². The minimum atomic E-state index is -4.46. The molecule has 2 aromatic heterocycles. The Hall–Kier alpha value is -3.41. The average molecular weight is 560 g/mol. The molecule has 0 radical (unpaired) electrons. The van der Waals surface area contributed by atoms with Crippen LogP contribution in [-0.2, 0) is 11.0 Å². The number of rotatable bonds is 7. The molecule has 1 fully saturated rings. The summed E-state index contributed by atoms with van der Waals surface area (Å²) in [6, 6.07) is 9.17. The lowest BCUT2D eigenvalue weighted by Crippen LogP contribution is -2.38. The minimum Gasteiger partial charge on any atom is -0.378 e. The highest BCUT2D eigenvalue weighted by molar-refractivity contribution is 6.35. The van der Waals surface area contributed by atoms with Gasteiger partial charge in [0.2, 0.25) is 0 Å². The number of benzene rings is 2. The van der Waals surface area contributed by atoms with Crippen LogP contribution in [0.15, 0.2) is 48.9 Å². The van der Waals surface area contributed by atoms with Crippen LogP contribution in [0.25, 0.3) is 10.9 Å². The monoisotopic (exact) mass is 559 g/mol. The van der Waals surface area contributed by atoms with Gasteiger partial charge >= 0.3 is 6.18 Å². The molecule has 1 saturated carbocycles. The maximum absolute atomic E-state index is 13.8. The summed E-state index contributed by atoms with van der Waals surface area (Å²) in [4.78, 5) is 8.72. The van der Waals surface area contributed by atoms with E-state index >= 15 is 0 Å². The summed E-state index contributed by atoms with van der Waals surface area (Å²) in [5.41, 5.74) is -1.38. The van der Waals surface area contributed by atoms with Gasteiger partial charge in [-0.25, -0.2) is 19.0 Å². The van der Waals surface area contributed by atoms with E-state index in [1.54, 1.807) is 26.0 Å². The lowest BCUT2D eigenvalue weighted by molar-refractivity contribution is -0.182. The quantitative estimate of drug-likeness (QED) is 0.231. The van der Waals surface area contributed by atoms with Crippen LogP contribution >= 0.6 is 11.6 Å². The Kier molecular flexibility index (Phi) is 6.52. The molecular weight excluding hydrogens is 533 g/mol. The Labute approximate surface area is 228 Å². The predicted octanol–water partition coefficient (Wildman–Crippen LogP) is 5.47. The average Bonchev–Trinajstić information content (AvgIpc) is 3.53. The molecule has 0 bridgehead atoms. The van der Waals surface area contributed by atoms with E-state index < -0.39 is 23.0 Å². The molecule has 0 spiro atoms. The van der Waals surface area contributed by atoms with Gasteiger partial charge in [0.25, 0.3) is 0 Å². The topological polar surface area (TPSA) is 80.5 Å². The van der Waals surface area contributed by atoms with Crippen molar-refractivity contribution in [3.05, 3.63) is 71.0 Å². The lowest BCUT2D eigenvalue weighted by Gasteiger charge is -2.31. The summed E-state index contributed by atoms with van der Waals surface area (Å²) in [5, 5.41) is 15.8. The third kappa shape index (κ3) is 5.14. The first-order chi connectivity index (χ1) is 18.2. The van der Waals surface area contributed by atoms with Crippen LogP contribution in [-0.4, -0.2) is 45.5 Å². The van der Waals surface area contributed by atoms with Gasteiger partial charge in [-0.3, -0.25) is 0 Å². The number of alkyl halides is 3. The number of hydrogen-bond donors (Lipinski definition) is 2. The van der Waals surface area contributed by atoms with Gasteiger partial charge in [-0.1, -0.05) is 49.7 Å². The molecule has 0 amide bonds. The SMILES string of the molecule is BC(Nc1cc(Cl)c2ncnc(NCC(C)(C)C)c2c1)(c1ccc(F)cc1)c1cn(C2(C(F)(F)F)CC2)nn1. The Balaban J connectivity index is 1.59. The second-order valence-electron chi connectivity index (χ2n) is 11.3. The van der Waals surface area contributed by atoms with E-state index in [-0.39, 0.29) is 24.0 Å². The fraction of sp³-hybridized carbons (Fsp3) is 0.385.